The Balaban J connectivity index is 0.00000121. The first-order chi connectivity index (χ1) is 14.2. The number of hydrogen-bond acceptors (Lipinski definition) is 4. The predicted octanol–water partition coefficient (Wildman–Crippen LogP) is 6.54. The summed E-state index contributed by atoms with van der Waals surface area (Å²) in [6.45, 7) is 0.785. The monoisotopic (exact) mass is 513 g/mol. The number of aromatic nitrogens is 3. The maximum Gasteiger partial charge on any atom is 0.121 e. The van der Waals surface area contributed by atoms with E-state index in [1.165, 1.54) is 0 Å². The van der Waals surface area contributed by atoms with Crippen LogP contribution in [0.25, 0.3) is 21.9 Å². The van der Waals surface area contributed by atoms with E-state index in [0.717, 1.165) is 70.7 Å². The van der Waals surface area contributed by atoms with Gasteiger partial charge in [0.25, 0.3) is 0 Å². The highest BCUT2D eigenvalue weighted by Crippen LogP contribution is 2.28. The fraction of sp³-hybridized carbons (Fsp3) is 0.304. The van der Waals surface area contributed by atoms with Crippen LogP contribution in [0.15, 0.2) is 54.7 Å². The number of hydrogen-bond donors (Lipinski definition) is 3. The lowest BCUT2D eigenvalue weighted by Gasteiger charge is -2.30. The number of halogens is 4. The van der Waals surface area contributed by atoms with Crippen molar-refractivity contribution in [2.45, 2.75) is 44.3 Å². The van der Waals surface area contributed by atoms with E-state index in [4.69, 9.17) is 11.6 Å². The average molecular weight is 515 g/mol. The van der Waals surface area contributed by atoms with Crippen molar-refractivity contribution in [1.82, 2.24) is 20.3 Å². The predicted molar refractivity (Wildman–Crippen MR) is 141 cm³/mol. The number of aromatic amines is 1. The van der Waals surface area contributed by atoms with Crippen LogP contribution < -0.4 is 10.6 Å². The smallest absolute Gasteiger partial charge is 0.121 e. The molecule has 4 aromatic rings. The number of nitrogens with one attached hydrogen (secondary N) is 3. The molecule has 32 heavy (non-hydrogen) atoms. The van der Waals surface area contributed by atoms with Crippen LogP contribution in [0.2, 0.25) is 5.02 Å². The van der Waals surface area contributed by atoms with Gasteiger partial charge in [-0.25, -0.2) is 4.98 Å². The maximum absolute atomic E-state index is 6.10. The van der Waals surface area contributed by atoms with Crippen LogP contribution in [0, 0.1) is 0 Å². The second-order valence-electron chi connectivity index (χ2n) is 7.79. The van der Waals surface area contributed by atoms with E-state index in [1.807, 2.05) is 42.6 Å². The molecule has 2 aromatic carbocycles. The SMILES string of the molecule is Cl.Cl.Cl.Clc1ccc2c(NC3CCC(NCc4nc5ccccc5[nH]4)CC3)ccnc2c1. The third-order valence-corrected chi connectivity index (χ3v) is 6.02. The molecule has 172 valence electrons. The molecule has 0 atom stereocenters. The van der Waals surface area contributed by atoms with E-state index >= 15 is 0 Å². The molecule has 2 heterocycles. The fourth-order valence-corrected chi connectivity index (χ4v) is 4.41. The van der Waals surface area contributed by atoms with Crippen LogP contribution >= 0.6 is 48.8 Å². The van der Waals surface area contributed by atoms with Gasteiger partial charge in [0.05, 0.1) is 23.1 Å². The quantitative estimate of drug-likeness (QED) is 0.282. The zero-order valence-electron chi connectivity index (χ0n) is 17.4. The minimum absolute atomic E-state index is 0. The number of nitrogens with zero attached hydrogens (tertiary/aromatic N) is 2. The lowest BCUT2D eigenvalue weighted by atomic mass is 9.91. The minimum Gasteiger partial charge on any atom is -0.382 e. The topological polar surface area (TPSA) is 65.6 Å². The Kier molecular flexibility index (Phi) is 9.86. The summed E-state index contributed by atoms with van der Waals surface area (Å²) in [5.74, 6) is 1.01. The van der Waals surface area contributed by atoms with Crippen LogP contribution in [0.5, 0.6) is 0 Å². The fourth-order valence-electron chi connectivity index (χ4n) is 4.24. The molecule has 0 radical (unpaired) electrons. The normalized spacial score (nSPS) is 17.8. The standard InChI is InChI=1S/C23H24ClN5.3ClH/c24-15-5-10-18-19(11-12-25-22(18)13-15)27-17-8-6-16(7-9-17)26-14-23-28-20-3-1-2-4-21(20)29-23;;;/h1-5,10-13,16-17,26H,6-9,14H2,(H,25,27)(H,28,29);3*1H. The van der Waals surface area contributed by atoms with Crippen molar-refractivity contribution in [2.75, 3.05) is 5.32 Å². The Morgan fingerprint density at radius 1 is 0.906 bits per heavy atom. The first-order valence-electron chi connectivity index (χ1n) is 10.2. The van der Waals surface area contributed by atoms with Crippen LogP contribution in [-0.4, -0.2) is 27.0 Å². The first-order valence-corrected chi connectivity index (χ1v) is 10.6. The van der Waals surface area contributed by atoms with Crippen LogP contribution in [0.4, 0.5) is 5.69 Å². The van der Waals surface area contributed by atoms with Crippen molar-refractivity contribution in [2.24, 2.45) is 0 Å². The number of H-pyrrole nitrogens is 1. The van der Waals surface area contributed by atoms with Gasteiger partial charge in [-0.05, 0) is 62.1 Å². The molecule has 0 spiro atoms. The van der Waals surface area contributed by atoms with E-state index < -0.39 is 0 Å². The molecular formula is C23H27Cl4N5. The average Bonchev–Trinajstić information content (AvgIpc) is 3.16. The number of rotatable bonds is 5. The summed E-state index contributed by atoms with van der Waals surface area (Å²) in [5, 5.41) is 9.25. The molecule has 3 N–H and O–H groups in total. The molecule has 1 aliphatic carbocycles. The number of pyridine rings is 1. The van der Waals surface area contributed by atoms with Gasteiger partial charge in [0, 0.05) is 34.4 Å². The third-order valence-electron chi connectivity index (χ3n) is 5.79. The summed E-state index contributed by atoms with van der Waals surface area (Å²) in [6.07, 6.45) is 6.46. The summed E-state index contributed by atoms with van der Waals surface area (Å²) in [7, 11) is 0. The number of para-hydroxylation sites is 2. The number of benzene rings is 2. The summed E-state index contributed by atoms with van der Waals surface area (Å²) < 4.78 is 0. The molecule has 0 bridgehead atoms. The molecule has 0 saturated heterocycles. The Morgan fingerprint density at radius 2 is 1.66 bits per heavy atom. The molecule has 0 aliphatic heterocycles. The molecule has 5 nitrogen and oxygen atoms in total. The van der Waals surface area contributed by atoms with Crippen molar-refractivity contribution in [3.05, 3.63) is 65.6 Å². The lowest BCUT2D eigenvalue weighted by molar-refractivity contribution is 0.351. The molecule has 1 saturated carbocycles. The minimum atomic E-state index is 0. The molecule has 1 aliphatic rings. The molecule has 0 unspecified atom stereocenters. The van der Waals surface area contributed by atoms with Gasteiger partial charge in [-0.2, -0.15) is 0 Å². The number of anilines is 1. The van der Waals surface area contributed by atoms with Crippen molar-refractivity contribution < 1.29 is 0 Å². The van der Waals surface area contributed by atoms with Crippen LogP contribution in [0.3, 0.4) is 0 Å². The molecule has 1 fully saturated rings. The summed E-state index contributed by atoms with van der Waals surface area (Å²) >= 11 is 6.10. The summed E-state index contributed by atoms with van der Waals surface area (Å²) in [5.41, 5.74) is 4.21. The van der Waals surface area contributed by atoms with Gasteiger partial charge in [-0.1, -0.05) is 23.7 Å². The van der Waals surface area contributed by atoms with Crippen molar-refractivity contribution in [3.63, 3.8) is 0 Å². The Labute approximate surface area is 211 Å². The summed E-state index contributed by atoms with van der Waals surface area (Å²) in [6, 6.07) is 17.1. The zero-order valence-corrected chi connectivity index (χ0v) is 20.6. The molecule has 9 heteroatoms. The Hall–Kier alpha value is -1.76. The highest BCUT2D eigenvalue weighted by molar-refractivity contribution is 6.31. The van der Waals surface area contributed by atoms with E-state index in [2.05, 4.69) is 37.7 Å². The molecular weight excluding hydrogens is 488 g/mol. The van der Waals surface area contributed by atoms with E-state index in [0.29, 0.717) is 12.1 Å². The van der Waals surface area contributed by atoms with Gasteiger partial charge >= 0.3 is 0 Å². The van der Waals surface area contributed by atoms with E-state index in [9.17, 15) is 0 Å². The summed E-state index contributed by atoms with van der Waals surface area (Å²) in [4.78, 5) is 12.5. The highest BCUT2D eigenvalue weighted by atomic mass is 35.5. The van der Waals surface area contributed by atoms with Crippen molar-refractivity contribution in [1.29, 1.82) is 0 Å². The van der Waals surface area contributed by atoms with E-state index in [-0.39, 0.29) is 37.2 Å². The van der Waals surface area contributed by atoms with Gasteiger partial charge in [0.1, 0.15) is 5.82 Å². The van der Waals surface area contributed by atoms with Crippen molar-refractivity contribution >= 4 is 76.4 Å². The largest absolute Gasteiger partial charge is 0.382 e. The van der Waals surface area contributed by atoms with Gasteiger partial charge in [-0.15, -0.1) is 37.2 Å². The zero-order chi connectivity index (χ0) is 19.6. The second-order valence-corrected chi connectivity index (χ2v) is 8.23. The van der Waals surface area contributed by atoms with Crippen molar-refractivity contribution in [3.8, 4) is 0 Å². The van der Waals surface area contributed by atoms with Crippen LogP contribution in [0.1, 0.15) is 31.5 Å². The first kappa shape index (κ1) is 26.5. The van der Waals surface area contributed by atoms with Gasteiger partial charge in [0.15, 0.2) is 0 Å². The Morgan fingerprint density at radius 3 is 2.44 bits per heavy atom. The highest BCUT2D eigenvalue weighted by Gasteiger charge is 2.21. The number of imidazole rings is 1. The van der Waals surface area contributed by atoms with E-state index in [1.54, 1.807) is 0 Å². The number of fused-ring (bicyclic) bond motifs is 2. The Bertz CT molecular complexity index is 1110. The molecule has 5 rings (SSSR count). The van der Waals surface area contributed by atoms with Gasteiger partial charge in [0.2, 0.25) is 0 Å². The van der Waals surface area contributed by atoms with Gasteiger partial charge in [-0.3, -0.25) is 4.98 Å². The van der Waals surface area contributed by atoms with Crippen LogP contribution in [-0.2, 0) is 6.54 Å². The third kappa shape index (κ3) is 5.97. The van der Waals surface area contributed by atoms with Gasteiger partial charge < -0.3 is 15.6 Å². The maximum atomic E-state index is 6.10. The second kappa shape index (κ2) is 11.9. The lowest BCUT2D eigenvalue weighted by Crippen LogP contribution is -2.36. The molecule has 2 aromatic heterocycles. The molecule has 0 amide bonds.